The van der Waals surface area contributed by atoms with Crippen molar-refractivity contribution in [2.45, 2.75) is 91.6 Å². The Morgan fingerprint density at radius 1 is 0.944 bits per heavy atom. The Hall–Kier alpha value is -0.480. The van der Waals surface area contributed by atoms with Gasteiger partial charge >= 0.3 is 0 Å². The lowest BCUT2D eigenvalue weighted by molar-refractivity contribution is 0.0766. The molecule has 0 saturated heterocycles. The molecule has 18 heavy (non-hydrogen) atoms. The van der Waals surface area contributed by atoms with Crippen LogP contribution in [0.1, 0.15) is 85.5 Å². The Kier molecular flexibility index (Phi) is 10.2. The highest BCUT2D eigenvalue weighted by Crippen LogP contribution is 2.29. The SMILES string of the molecule is CCCCCCCCC#CC(O)C(C)(CC)CC. The molecule has 0 aliphatic rings. The first kappa shape index (κ1) is 17.5. The second-order valence-electron chi connectivity index (χ2n) is 5.60. The van der Waals surface area contributed by atoms with Crippen molar-refractivity contribution in [2.24, 2.45) is 5.41 Å². The molecule has 0 fully saturated rings. The van der Waals surface area contributed by atoms with Gasteiger partial charge < -0.3 is 5.11 Å². The number of aliphatic hydroxyl groups excluding tert-OH is 1. The minimum atomic E-state index is -0.465. The van der Waals surface area contributed by atoms with Crippen LogP contribution in [0.4, 0.5) is 0 Å². The van der Waals surface area contributed by atoms with Crippen LogP contribution in [0.15, 0.2) is 0 Å². The molecule has 1 heteroatoms. The molecule has 1 nitrogen and oxygen atoms in total. The van der Waals surface area contributed by atoms with E-state index in [1.54, 1.807) is 0 Å². The van der Waals surface area contributed by atoms with E-state index in [0.717, 1.165) is 19.3 Å². The van der Waals surface area contributed by atoms with E-state index in [1.165, 1.54) is 38.5 Å². The van der Waals surface area contributed by atoms with Crippen molar-refractivity contribution in [3.05, 3.63) is 0 Å². The van der Waals surface area contributed by atoms with Crippen LogP contribution < -0.4 is 0 Å². The first-order valence-corrected chi connectivity index (χ1v) is 7.77. The molecule has 0 spiro atoms. The molecule has 106 valence electrons. The average Bonchev–Trinajstić information content (AvgIpc) is 2.40. The topological polar surface area (TPSA) is 20.2 Å². The summed E-state index contributed by atoms with van der Waals surface area (Å²) in [5, 5.41) is 10.1. The smallest absolute Gasteiger partial charge is 0.120 e. The van der Waals surface area contributed by atoms with Crippen LogP contribution in [0, 0.1) is 17.3 Å². The maximum atomic E-state index is 10.1. The second-order valence-corrected chi connectivity index (χ2v) is 5.60. The Morgan fingerprint density at radius 2 is 1.50 bits per heavy atom. The highest BCUT2D eigenvalue weighted by molar-refractivity contribution is 5.09. The maximum absolute atomic E-state index is 10.1. The average molecular weight is 252 g/mol. The van der Waals surface area contributed by atoms with E-state index in [-0.39, 0.29) is 5.41 Å². The van der Waals surface area contributed by atoms with Gasteiger partial charge in [-0.15, -0.1) is 5.92 Å². The van der Waals surface area contributed by atoms with Gasteiger partial charge in [-0.1, -0.05) is 65.7 Å². The third kappa shape index (κ3) is 7.07. The van der Waals surface area contributed by atoms with E-state index in [0.29, 0.717) is 0 Å². The summed E-state index contributed by atoms with van der Waals surface area (Å²) in [5.74, 6) is 6.18. The molecule has 0 aliphatic heterocycles. The molecule has 1 N–H and O–H groups in total. The summed E-state index contributed by atoms with van der Waals surface area (Å²) in [5.41, 5.74) is -0.0336. The van der Waals surface area contributed by atoms with Crippen LogP contribution in [0.3, 0.4) is 0 Å². The van der Waals surface area contributed by atoms with Crippen molar-refractivity contribution in [1.82, 2.24) is 0 Å². The molecule has 0 rings (SSSR count). The first-order chi connectivity index (χ1) is 8.60. The fourth-order valence-electron chi connectivity index (χ4n) is 1.97. The van der Waals surface area contributed by atoms with Gasteiger partial charge in [-0.3, -0.25) is 0 Å². The summed E-state index contributed by atoms with van der Waals surface area (Å²) in [6.07, 6.45) is 10.2. The minimum absolute atomic E-state index is 0.0336. The van der Waals surface area contributed by atoms with Gasteiger partial charge in [-0.25, -0.2) is 0 Å². The van der Waals surface area contributed by atoms with Gasteiger partial charge in [0.25, 0.3) is 0 Å². The molecule has 0 aromatic heterocycles. The third-order valence-electron chi connectivity index (χ3n) is 4.17. The van der Waals surface area contributed by atoms with E-state index in [2.05, 4.69) is 39.5 Å². The fourth-order valence-corrected chi connectivity index (χ4v) is 1.97. The lowest BCUT2D eigenvalue weighted by Crippen LogP contribution is -2.29. The summed E-state index contributed by atoms with van der Waals surface area (Å²) in [4.78, 5) is 0. The summed E-state index contributed by atoms with van der Waals surface area (Å²) in [6, 6.07) is 0. The molecule has 1 atom stereocenters. The molecule has 0 saturated carbocycles. The molecule has 0 aromatic rings. The Morgan fingerprint density at radius 3 is 2.06 bits per heavy atom. The van der Waals surface area contributed by atoms with E-state index >= 15 is 0 Å². The summed E-state index contributed by atoms with van der Waals surface area (Å²) in [7, 11) is 0. The predicted molar refractivity (Wildman–Crippen MR) is 80.5 cm³/mol. The van der Waals surface area contributed by atoms with Gasteiger partial charge in [0, 0.05) is 11.8 Å². The van der Waals surface area contributed by atoms with Gasteiger partial charge in [0.05, 0.1) is 0 Å². The van der Waals surface area contributed by atoms with Crippen molar-refractivity contribution in [3.8, 4) is 11.8 Å². The molecule has 1 unspecified atom stereocenters. The molecule has 0 amide bonds. The van der Waals surface area contributed by atoms with Crippen LogP contribution in [0.2, 0.25) is 0 Å². The van der Waals surface area contributed by atoms with Crippen molar-refractivity contribution in [1.29, 1.82) is 0 Å². The molecule has 0 aromatic carbocycles. The van der Waals surface area contributed by atoms with Gasteiger partial charge in [0.1, 0.15) is 6.10 Å². The summed E-state index contributed by atoms with van der Waals surface area (Å²) in [6.45, 7) is 8.62. The molecule has 0 heterocycles. The highest BCUT2D eigenvalue weighted by atomic mass is 16.3. The van der Waals surface area contributed by atoms with Gasteiger partial charge in [-0.05, 0) is 19.3 Å². The standard InChI is InChI=1S/C17H32O/c1-5-8-9-10-11-12-13-14-15-16(18)17(4,6-2)7-3/h16,18H,5-13H2,1-4H3. The number of unbranched alkanes of at least 4 members (excludes halogenated alkanes) is 6. The summed E-state index contributed by atoms with van der Waals surface area (Å²) < 4.78 is 0. The van der Waals surface area contributed by atoms with Crippen LogP contribution >= 0.6 is 0 Å². The lowest BCUT2D eigenvalue weighted by Gasteiger charge is -2.28. The molecule has 0 aliphatic carbocycles. The second kappa shape index (κ2) is 10.4. The Labute approximate surface area is 114 Å². The largest absolute Gasteiger partial charge is 0.380 e. The number of hydrogen-bond acceptors (Lipinski definition) is 1. The van der Waals surface area contributed by atoms with Crippen molar-refractivity contribution >= 4 is 0 Å². The highest BCUT2D eigenvalue weighted by Gasteiger charge is 2.27. The van der Waals surface area contributed by atoms with E-state index in [1.807, 2.05) is 0 Å². The van der Waals surface area contributed by atoms with E-state index in [9.17, 15) is 5.11 Å². The van der Waals surface area contributed by atoms with E-state index < -0.39 is 6.10 Å². The Bertz CT molecular complexity index is 242. The predicted octanol–water partition coefficient (Wildman–Crippen LogP) is 4.93. The molecule has 0 radical (unpaired) electrons. The zero-order valence-electron chi connectivity index (χ0n) is 12.9. The number of hydrogen-bond donors (Lipinski definition) is 1. The zero-order chi connectivity index (χ0) is 13.9. The number of rotatable bonds is 9. The van der Waals surface area contributed by atoms with Gasteiger partial charge in [0.15, 0.2) is 0 Å². The van der Waals surface area contributed by atoms with Crippen molar-refractivity contribution in [2.75, 3.05) is 0 Å². The van der Waals surface area contributed by atoms with Crippen LogP contribution in [-0.4, -0.2) is 11.2 Å². The van der Waals surface area contributed by atoms with Crippen LogP contribution in [0.5, 0.6) is 0 Å². The monoisotopic (exact) mass is 252 g/mol. The van der Waals surface area contributed by atoms with E-state index in [4.69, 9.17) is 0 Å². The number of aliphatic hydroxyl groups is 1. The first-order valence-electron chi connectivity index (χ1n) is 7.77. The van der Waals surface area contributed by atoms with Crippen molar-refractivity contribution in [3.63, 3.8) is 0 Å². The lowest BCUT2D eigenvalue weighted by atomic mass is 9.79. The van der Waals surface area contributed by atoms with Crippen molar-refractivity contribution < 1.29 is 5.11 Å². The minimum Gasteiger partial charge on any atom is -0.380 e. The molecular weight excluding hydrogens is 220 g/mol. The van der Waals surface area contributed by atoms with Gasteiger partial charge in [-0.2, -0.15) is 0 Å². The summed E-state index contributed by atoms with van der Waals surface area (Å²) >= 11 is 0. The molecule has 0 bridgehead atoms. The normalized spacial score (nSPS) is 12.9. The van der Waals surface area contributed by atoms with Crippen LogP contribution in [-0.2, 0) is 0 Å². The Balaban J connectivity index is 3.76. The maximum Gasteiger partial charge on any atom is 0.120 e. The quantitative estimate of drug-likeness (QED) is 0.456. The van der Waals surface area contributed by atoms with Crippen LogP contribution in [0.25, 0.3) is 0 Å². The third-order valence-corrected chi connectivity index (χ3v) is 4.17. The van der Waals surface area contributed by atoms with Gasteiger partial charge in [0.2, 0.25) is 0 Å². The molecular formula is C17H32O. The fraction of sp³-hybridized carbons (Fsp3) is 0.882. The zero-order valence-corrected chi connectivity index (χ0v) is 12.9.